The van der Waals surface area contributed by atoms with Crippen LogP contribution in [0.2, 0.25) is 0 Å². The highest BCUT2D eigenvalue weighted by Crippen LogP contribution is 2.39. The number of methoxy groups -OCH3 is 1. The van der Waals surface area contributed by atoms with Crippen LogP contribution in [0.15, 0.2) is 30.5 Å². The number of rotatable bonds is 6. The van der Waals surface area contributed by atoms with Crippen molar-refractivity contribution in [1.82, 2.24) is 15.0 Å². The predicted octanol–water partition coefficient (Wildman–Crippen LogP) is 3.87. The second kappa shape index (κ2) is 9.51. The van der Waals surface area contributed by atoms with Crippen LogP contribution in [-0.2, 0) is 4.79 Å². The molecular weight excluding hydrogens is 470 g/mol. The van der Waals surface area contributed by atoms with Gasteiger partial charge in [0.25, 0.3) is 11.8 Å². The predicted molar refractivity (Wildman–Crippen MR) is 130 cm³/mol. The molecule has 0 radical (unpaired) electrons. The van der Waals surface area contributed by atoms with Gasteiger partial charge in [-0.25, -0.2) is 9.99 Å². The van der Waals surface area contributed by atoms with E-state index in [4.69, 9.17) is 4.74 Å². The van der Waals surface area contributed by atoms with Crippen molar-refractivity contribution in [2.75, 3.05) is 35.9 Å². The van der Waals surface area contributed by atoms with E-state index in [1.807, 2.05) is 0 Å². The van der Waals surface area contributed by atoms with Crippen LogP contribution in [0.1, 0.15) is 55.3 Å². The number of nitrogens with zero attached hydrogens (tertiary/aromatic N) is 5. The number of carbonyl (C=O) groups excluding carboxylic acids is 2. The first kappa shape index (κ1) is 24.2. The van der Waals surface area contributed by atoms with Gasteiger partial charge in [-0.3, -0.25) is 15.0 Å². The molecule has 0 bridgehead atoms. The van der Waals surface area contributed by atoms with Crippen LogP contribution >= 0.6 is 0 Å². The Labute approximate surface area is 208 Å². The quantitative estimate of drug-likeness (QED) is 0.602. The van der Waals surface area contributed by atoms with Gasteiger partial charge in [0.15, 0.2) is 5.82 Å². The van der Waals surface area contributed by atoms with E-state index in [9.17, 15) is 18.4 Å². The van der Waals surface area contributed by atoms with Crippen LogP contribution in [-0.4, -0.2) is 65.5 Å². The fourth-order valence-electron chi connectivity index (χ4n) is 4.92. The number of amides is 2. The number of fused-ring (bicyclic) bond motifs is 1. The largest absolute Gasteiger partial charge is 0.497 e. The Balaban J connectivity index is 1.48. The van der Waals surface area contributed by atoms with Crippen LogP contribution in [0.5, 0.6) is 5.75 Å². The van der Waals surface area contributed by atoms with Crippen molar-refractivity contribution in [3.05, 3.63) is 36.0 Å². The third-order valence-electron chi connectivity index (χ3n) is 7.05. The molecule has 2 saturated carbocycles. The van der Waals surface area contributed by atoms with Crippen molar-refractivity contribution in [3.8, 4) is 5.75 Å². The maximum Gasteiger partial charge on any atom is 0.342 e. The fraction of sp³-hybridized carbons (Fsp3) is 0.520. The lowest BCUT2D eigenvalue weighted by Crippen LogP contribution is -2.49. The van der Waals surface area contributed by atoms with Gasteiger partial charge in [-0.1, -0.05) is 25.3 Å². The summed E-state index contributed by atoms with van der Waals surface area (Å²) in [5.74, 6) is -4.14. The number of benzene rings is 1. The Kier molecular flexibility index (Phi) is 6.40. The molecule has 2 heterocycles. The third kappa shape index (κ3) is 4.66. The SMILES string of the molecule is COc1cccc(C(=O)N(Nc2ncc3c(n2)N(C2CCCCC2)CC(F)(F)C(=O)N3C)C2CC2)c1. The zero-order valence-corrected chi connectivity index (χ0v) is 20.4. The molecule has 3 aliphatic rings. The van der Waals surface area contributed by atoms with Crippen molar-refractivity contribution in [3.63, 3.8) is 0 Å². The number of alkyl halides is 2. The second-order valence-electron chi connectivity index (χ2n) is 9.64. The van der Waals surface area contributed by atoms with E-state index >= 15 is 0 Å². The highest BCUT2D eigenvalue weighted by molar-refractivity contribution is 6.02. The Morgan fingerprint density at radius 2 is 1.94 bits per heavy atom. The smallest absolute Gasteiger partial charge is 0.342 e. The van der Waals surface area contributed by atoms with Gasteiger partial charge in [0.05, 0.1) is 25.9 Å². The number of aromatic nitrogens is 2. The fourth-order valence-corrected chi connectivity index (χ4v) is 4.92. The Morgan fingerprint density at radius 1 is 1.19 bits per heavy atom. The Bertz CT molecular complexity index is 1150. The molecule has 0 unspecified atom stereocenters. The number of carbonyl (C=O) groups is 2. The van der Waals surface area contributed by atoms with E-state index in [2.05, 4.69) is 15.4 Å². The Morgan fingerprint density at radius 3 is 2.64 bits per heavy atom. The summed E-state index contributed by atoms with van der Waals surface area (Å²) < 4.78 is 35.0. The maximum absolute atomic E-state index is 14.9. The topological polar surface area (TPSA) is 90.9 Å². The lowest BCUT2D eigenvalue weighted by Gasteiger charge is -2.36. The number of hydrogen-bond donors (Lipinski definition) is 1. The monoisotopic (exact) mass is 500 g/mol. The first-order chi connectivity index (χ1) is 17.3. The molecule has 0 atom stereocenters. The van der Waals surface area contributed by atoms with Gasteiger partial charge in [0.2, 0.25) is 5.95 Å². The summed E-state index contributed by atoms with van der Waals surface area (Å²) in [5, 5.41) is 1.49. The molecular formula is C25H30F2N6O3. The summed E-state index contributed by atoms with van der Waals surface area (Å²) in [6.07, 6.45) is 7.47. The molecule has 0 spiro atoms. The second-order valence-corrected chi connectivity index (χ2v) is 9.64. The summed E-state index contributed by atoms with van der Waals surface area (Å²) >= 11 is 0. The number of hydrogen-bond acceptors (Lipinski definition) is 7. The molecule has 1 N–H and O–H groups in total. The van der Waals surface area contributed by atoms with Crippen LogP contribution in [0, 0.1) is 0 Å². The van der Waals surface area contributed by atoms with E-state index in [-0.39, 0.29) is 35.4 Å². The van der Waals surface area contributed by atoms with E-state index < -0.39 is 18.4 Å². The number of ether oxygens (including phenoxy) is 1. The van der Waals surface area contributed by atoms with Crippen LogP contribution in [0.3, 0.4) is 0 Å². The van der Waals surface area contributed by atoms with E-state index in [1.165, 1.54) is 25.4 Å². The van der Waals surface area contributed by atoms with Crippen molar-refractivity contribution in [2.45, 2.75) is 63.0 Å². The average Bonchev–Trinajstić information content (AvgIpc) is 3.75. The van der Waals surface area contributed by atoms with Gasteiger partial charge in [-0.15, -0.1) is 0 Å². The summed E-state index contributed by atoms with van der Waals surface area (Å²) in [6.45, 7) is -0.737. The van der Waals surface area contributed by atoms with Gasteiger partial charge >= 0.3 is 5.92 Å². The molecule has 192 valence electrons. The minimum absolute atomic E-state index is 0.0332. The zero-order chi connectivity index (χ0) is 25.4. The van der Waals surface area contributed by atoms with Gasteiger partial charge in [0, 0.05) is 18.7 Å². The van der Waals surface area contributed by atoms with Crippen LogP contribution < -0.4 is 20.0 Å². The molecule has 2 fully saturated rings. The maximum atomic E-state index is 14.9. The van der Waals surface area contributed by atoms with Gasteiger partial charge < -0.3 is 14.5 Å². The van der Waals surface area contributed by atoms with E-state index in [0.717, 1.165) is 49.8 Å². The molecule has 5 rings (SSSR count). The van der Waals surface area contributed by atoms with Crippen molar-refractivity contribution in [1.29, 1.82) is 0 Å². The highest BCUT2D eigenvalue weighted by atomic mass is 19.3. The summed E-state index contributed by atoms with van der Waals surface area (Å²) in [5.41, 5.74) is 3.69. The lowest BCUT2D eigenvalue weighted by atomic mass is 9.94. The number of nitrogens with one attached hydrogen (secondary N) is 1. The molecule has 2 aliphatic carbocycles. The zero-order valence-electron chi connectivity index (χ0n) is 20.4. The van der Waals surface area contributed by atoms with Gasteiger partial charge in [-0.2, -0.15) is 13.8 Å². The van der Waals surface area contributed by atoms with E-state index in [1.54, 1.807) is 29.2 Å². The summed E-state index contributed by atoms with van der Waals surface area (Å²) in [7, 11) is 2.85. The molecule has 2 aromatic rings. The van der Waals surface area contributed by atoms with Gasteiger partial charge in [-0.05, 0) is 43.9 Å². The minimum atomic E-state index is -3.55. The first-order valence-corrected chi connectivity index (χ1v) is 12.3. The molecule has 36 heavy (non-hydrogen) atoms. The average molecular weight is 501 g/mol. The van der Waals surface area contributed by atoms with Crippen LogP contribution in [0.4, 0.5) is 26.2 Å². The van der Waals surface area contributed by atoms with E-state index in [0.29, 0.717) is 11.3 Å². The number of hydrazine groups is 1. The summed E-state index contributed by atoms with van der Waals surface area (Å²) in [4.78, 5) is 37.2. The molecule has 0 saturated heterocycles. The minimum Gasteiger partial charge on any atom is -0.497 e. The molecule has 2 amide bonds. The third-order valence-corrected chi connectivity index (χ3v) is 7.05. The normalized spacial score (nSPS) is 19.9. The number of halogens is 2. The van der Waals surface area contributed by atoms with Gasteiger partial charge in [0.1, 0.15) is 11.4 Å². The van der Waals surface area contributed by atoms with Crippen molar-refractivity contribution in [2.24, 2.45) is 0 Å². The molecule has 1 aromatic heterocycles. The summed E-state index contributed by atoms with van der Waals surface area (Å²) in [6, 6.07) is 6.68. The molecule has 9 nitrogen and oxygen atoms in total. The highest BCUT2D eigenvalue weighted by Gasteiger charge is 2.48. The Hall–Kier alpha value is -3.50. The molecule has 1 aliphatic heterocycles. The van der Waals surface area contributed by atoms with Crippen molar-refractivity contribution >= 4 is 29.3 Å². The first-order valence-electron chi connectivity index (χ1n) is 12.3. The van der Waals surface area contributed by atoms with Crippen LogP contribution in [0.25, 0.3) is 0 Å². The number of anilines is 3. The van der Waals surface area contributed by atoms with Crippen molar-refractivity contribution < 1.29 is 23.1 Å². The molecule has 11 heteroatoms. The standard InChI is InChI=1S/C25H30F2N6O3/c1-31-20-14-28-24(30-33(18-11-12-18)22(34)16-7-6-10-19(13-16)36-2)29-21(20)32(15-25(26,27)23(31)35)17-8-4-3-5-9-17/h6-7,10,13-14,17-18H,3-5,8-9,11-12,15H2,1-2H3,(H,28,29,30). The lowest BCUT2D eigenvalue weighted by molar-refractivity contribution is -0.140. The molecule has 1 aromatic carbocycles.